The first-order valence-corrected chi connectivity index (χ1v) is 6.75. The number of nitrogens with zero attached hydrogens (tertiary/aromatic N) is 1. The van der Waals surface area contributed by atoms with Gasteiger partial charge in [0.25, 0.3) is 0 Å². The van der Waals surface area contributed by atoms with Gasteiger partial charge in [0.05, 0.1) is 11.1 Å². The zero-order valence-corrected chi connectivity index (χ0v) is 11.1. The molecule has 1 rings (SSSR count). The Kier molecular flexibility index (Phi) is 6.92. The van der Waals surface area contributed by atoms with Crippen LogP contribution in [0.2, 0.25) is 0 Å². The molecule has 0 bridgehead atoms. The lowest BCUT2D eigenvalue weighted by molar-refractivity contribution is 0.0990. The first kappa shape index (κ1) is 13.9. The molecule has 2 N–H and O–H groups in total. The van der Waals surface area contributed by atoms with Crippen molar-refractivity contribution in [3.63, 3.8) is 0 Å². The Morgan fingerprint density at radius 3 is 2.88 bits per heavy atom. The summed E-state index contributed by atoms with van der Waals surface area (Å²) >= 11 is 4.89. The molecule has 1 atom stereocenters. The average molecular weight is 244 g/mol. The van der Waals surface area contributed by atoms with Crippen molar-refractivity contribution in [2.75, 3.05) is 26.2 Å². The zero-order chi connectivity index (χ0) is 11.8. The fourth-order valence-electron chi connectivity index (χ4n) is 2.11. The van der Waals surface area contributed by atoms with E-state index >= 15 is 0 Å². The fraction of sp³-hybridized carbons (Fsp3) is 0.917. The van der Waals surface area contributed by atoms with Gasteiger partial charge >= 0.3 is 0 Å². The van der Waals surface area contributed by atoms with E-state index in [0.717, 1.165) is 32.7 Å². The van der Waals surface area contributed by atoms with Crippen molar-refractivity contribution in [3.05, 3.63) is 0 Å². The van der Waals surface area contributed by atoms with Crippen molar-refractivity contribution in [1.29, 1.82) is 0 Å². The third-order valence-electron chi connectivity index (χ3n) is 3.15. The van der Waals surface area contributed by atoms with Crippen LogP contribution in [0.15, 0.2) is 0 Å². The highest BCUT2D eigenvalue weighted by Gasteiger charge is 2.15. The molecule has 1 aliphatic rings. The van der Waals surface area contributed by atoms with Crippen molar-refractivity contribution in [2.45, 2.75) is 45.1 Å². The Hall–Kier alpha value is -0.190. The van der Waals surface area contributed by atoms with Crippen LogP contribution in [0.25, 0.3) is 0 Å². The second-order valence-corrected chi connectivity index (χ2v) is 4.95. The number of ether oxygens (including phenoxy) is 1. The van der Waals surface area contributed by atoms with Crippen LogP contribution in [0.1, 0.15) is 39.0 Å². The van der Waals surface area contributed by atoms with E-state index in [4.69, 9.17) is 22.7 Å². The van der Waals surface area contributed by atoms with Gasteiger partial charge in [0.15, 0.2) is 0 Å². The van der Waals surface area contributed by atoms with E-state index in [-0.39, 0.29) is 0 Å². The van der Waals surface area contributed by atoms with Gasteiger partial charge in [-0.3, -0.25) is 0 Å². The summed E-state index contributed by atoms with van der Waals surface area (Å²) in [6, 6.07) is 0. The quantitative estimate of drug-likeness (QED) is 0.662. The van der Waals surface area contributed by atoms with Gasteiger partial charge < -0.3 is 15.4 Å². The maximum atomic E-state index is 5.61. The monoisotopic (exact) mass is 244 g/mol. The summed E-state index contributed by atoms with van der Waals surface area (Å²) < 4.78 is 5.61. The van der Waals surface area contributed by atoms with E-state index in [1.54, 1.807) is 0 Å². The van der Waals surface area contributed by atoms with Crippen molar-refractivity contribution in [3.8, 4) is 0 Å². The van der Waals surface area contributed by atoms with Crippen LogP contribution in [-0.4, -0.2) is 42.2 Å². The molecule has 0 aromatic heterocycles. The molecule has 1 unspecified atom stereocenters. The molecule has 1 aliphatic heterocycles. The van der Waals surface area contributed by atoms with Crippen LogP contribution in [0, 0.1) is 0 Å². The highest BCUT2D eigenvalue weighted by atomic mass is 32.1. The molecule has 0 aliphatic carbocycles. The average Bonchev–Trinajstić information content (AvgIpc) is 2.75. The third-order valence-corrected chi connectivity index (χ3v) is 3.35. The molecule has 16 heavy (non-hydrogen) atoms. The van der Waals surface area contributed by atoms with Crippen LogP contribution >= 0.6 is 12.2 Å². The summed E-state index contributed by atoms with van der Waals surface area (Å²) in [5.41, 5.74) is 5.51. The molecule has 0 amide bonds. The SMILES string of the molecule is CCN(CCCC1CCCO1)CCC(N)=S. The standard InChI is InChI=1S/C12H24N2OS/c1-2-14(9-7-12(13)16)8-3-5-11-6-4-10-15-11/h11H,2-10H2,1H3,(H2,13,16). The molecular formula is C12H24N2OS. The first-order valence-electron chi connectivity index (χ1n) is 6.34. The Morgan fingerprint density at radius 1 is 1.50 bits per heavy atom. The van der Waals surface area contributed by atoms with Crippen LogP contribution in [0.5, 0.6) is 0 Å². The summed E-state index contributed by atoms with van der Waals surface area (Å²) in [5, 5.41) is 0. The maximum absolute atomic E-state index is 5.61. The Labute approximate surface area is 104 Å². The number of nitrogens with two attached hydrogens (primary N) is 1. The first-order chi connectivity index (χ1) is 7.72. The smallest absolute Gasteiger partial charge is 0.0740 e. The van der Waals surface area contributed by atoms with Crippen LogP contribution < -0.4 is 5.73 Å². The highest BCUT2D eigenvalue weighted by molar-refractivity contribution is 7.80. The highest BCUT2D eigenvalue weighted by Crippen LogP contribution is 2.16. The van der Waals surface area contributed by atoms with E-state index < -0.39 is 0 Å². The maximum Gasteiger partial charge on any atom is 0.0740 e. The molecular weight excluding hydrogens is 220 g/mol. The van der Waals surface area contributed by atoms with Crippen molar-refractivity contribution >= 4 is 17.2 Å². The molecule has 0 aromatic rings. The largest absolute Gasteiger partial charge is 0.393 e. The number of rotatable bonds is 8. The van der Waals surface area contributed by atoms with Crippen LogP contribution in [0.4, 0.5) is 0 Å². The Morgan fingerprint density at radius 2 is 2.31 bits per heavy atom. The summed E-state index contributed by atoms with van der Waals surface area (Å²) in [7, 11) is 0. The molecule has 0 saturated carbocycles. The summed E-state index contributed by atoms with van der Waals surface area (Å²) in [6.07, 6.45) is 6.26. The van der Waals surface area contributed by atoms with Crippen molar-refractivity contribution in [1.82, 2.24) is 4.90 Å². The lowest BCUT2D eigenvalue weighted by Crippen LogP contribution is -2.29. The lowest BCUT2D eigenvalue weighted by Gasteiger charge is -2.20. The van der Waals surface area contributed by atoms with Crippen molar-refractivity contribution < 1.29 is 4.74 Å². The van der Waals surface area contributed by atoms with Gasteiger partial charge in [0, 0.05) is 19.6 Å². The van der Waals surface area contributed by atoms with Gasteiger partial charge in [-0.2, -0.15) is 0 Å². The van der Waals surface area contributed by atoms with Gasteiger partial charge in [-0.1, -0.05) is 19.1 Å². The van der Waals surface area contributed by atoms with Gasteiger partial charge in [-0.15, -0.1) is 0 Å². The summed E-state index contributed by atoms with van der Waals surface area (Å²) in [6.45, 7) is 6.36. The number of hydrogen-bond donors (Lipinski definition) is 1. The topological polar surface area (TPSA) is 38.5 Å². The molecule has 0 spiro atoms. The van der Waals surface area contributed by atoms with Crippen LogP contribution in [-0.2, 0) is 4.74 Å². The van der Waals surface area contributed by atoms with E-state index in [1.807, 2.05) is 0 Å². The summed E-state index contributed by atoms with van der Waals surface area (Å²) in [5.74, 6) is 0. The zero-order valence-electron chi connectivity index (χ0n) is 10.3. The van der Waals surface area contributed by atoms with Crippen LogP contribution in [0.3, 0.4) is 0 Å². The minimum absolute atomic E-state index is 0.522. The van der Waals surface area contributed by atoms with Gasteiger partial charge in [-0.25, -0.2) is 0 Å². The number of thiocarbonyl (C=S) groups is 1. The minimum atomic E-state index is 0.522. The summed E-state index contributed by atoms with van der Waals surface area (Å²) in [4.78, 5) is 3.03. The van der Waals surface area contributed by atoms with E-state index in [0.29, 0.717) is 11.1 Å². The lowest BCUT2D eigenvalue weighted by atomic mass is 10.1. The molecule has 94 valence electrons. The normalized spacial score (nSPS) is 20.5. The van der Waals surface area contributed by atoms with Gasteiger partial charge in [0.2, 0.25) is 0 Å². The molecule has 4 heteroatoms. The molecule has 1 fully saturated rings. The Bertz CT molecular complexity index is 205. The molecule has 0 radical (unpaired) electrons. The molecule has 1 saturated heterocycles. The second kappa shape index (κ2) is 7.98. The van der Waals surface area contributed by atoms with Gasteiger partial charge in [-0.05, 0) is 38.8 Å². The Balaban J connectivity index is 2.05. The predicted molar refractivity (Wildman–Crippen MR) is 71.7 cm³/mol. The molecule has 0 aromatic carbocycles. The molecule has 3 nitrogen and oxygen atoms in total. The fourth-order valence-corrected chi connectivity index (χ4v) is 2.20. The van der Waals surface area contributed by atoms with E-state index in [9.17, 15) is 0 Å². The van der Waals surface area contributed by atoms with E-state index in [1.165, 1.54) is 25.7 Å². The predicted octanol–water partition coefficient (Wildman–Crippen LogP) is 1.94. The van der Waals surface area contributed by atoms with E-state index in [2.05, 4.69) is 11.8 Å². The molecule has 1 heterocycles. The van der Waals surface area contributed by atoms with Crippen molar-refractivity contribution in [2.24, 2.45) is 5.73 Å². The second-order valence-electron chi connectivity index (χ2n) is 4.43. The third kappa shape index (κ3) is 5.77. The number of hydrogen-bond acceptors (Lipinski definition) is 3. The minimum Gasteiger partial charge on any atom is -0.393 e. The van der Waals surface area contributed by atoms with Gasteiger partial charge in [0.1, 0.15) is 0 Å².